The fraction of sp³-hybridized carbons (Fsp3) is 0.846. The average molecular weight is 274 g/mol. The third kappa shape index (κ3) is 11.7. The van der Waals surface area contributed by atoms with Crippen LogP contribution in [0.15, 0.2) is 0 Å². The number of nitrogens with zero attached hydrogens (tertiary/aromatic N) is 1. The third-order valence-electron chi connectivity index (χ3n) is 1.78. The Hall–Kier alpha value is -1.14. The van der Waals surface area contributed by atoms with E-state index in [1.807, 2.05) is 0 Å². The first-order chi connectivity index (χ1) is 8.39. The van der Waals surface area contributed by atoms with Gasteiger partial charge < -0.3 is 9.47 Å². The van der Waals surface area contributed by atoms with Crippen LogP contribution in [-0.2, 0) is 19.1 Å². The highest BCUT2D eigenvalue weighted by molar-refractivity contribution is 5.72. The van der Waals surface area contributed by atoms with Gasteiger partial charge >= 0.3 is 11.9 Å². The fourth-order valence-corrected chi connectivity index (χ4v) is 1.25. The molecule has 0 aliphatic rings. The first kappa shape index (κ1) is 17.9. The lowest BCUT2D eigenvalue weighted by molar-refractivity contribution is -0.159. The zero-order valence-electron chi connectivity index (χ0n) is 12.8. The Morgan fingerprint density at radius 3 is 1.79 bits per heavy atom. The molecule has 2 N–H and O–H groups in total. The standard InChI is InChI=1S/C13H26N2O4/c1-12(2,3)18-10(16)7-8-15(14)9-11(17)19-13(4,5)6/h7-9,14H2,1-6H3. The highest BCUT2D eigenvalue weighted by Crippen LogP contribution is 2.09. The third-order valence-corrected chi connectivity index (χ3v) is 1.78. The van der Waals surface area contributed by atoms with E-state index in [9.17, 15) is 9.59 Å². The Balaban J connectivity index is 3.96. The van der Waals surface area contributed by atoms with Crippen molar-refractivity contribution in [2.75, 3.05) is 13.1 Å². The molecule has 0 rings (SSSR count). The van der Waals surface area contributed by atoms with E-state index in [2.05, 4.69) is 0 Å². The number of hydrogen-bond acceptors (Lipinski definition) is 6. The molecule has 0 heterocycles. The van der Waals surface area contributed by atoms with Gasteiger partial charge in [0, 0.05) is 6.54 Å². The maximum absolute atomic E-state index is 11.5. The Kier molecular flexibility index (Phi) is 6.45. The molecule has 0 amide bonds. The van der Waals surface area contributed by atoms with Gasteiger partial charge in [-0.15, -0.1) is 0 Å². The maximum atomic E-state index is 11.5. The molecule has 112 valence electrons. The first-order valence-electron chi connectivity index (χ1n) is 6.32. The molecule has 0 aromatic carbocycles. The second-order valence-corrected chi connectivity index (χ2v) is 6.39. The van der Waals surface area contributed by atoms with E-state index in [0.29, 0.717) is 0 Å². The second-order valence-electron chi connectivity index (χ2n) is 6.39. The summed E-state index contributed by atoms with van der Waals surface area (Å²) in [7, 11) is 0. The lowest BCUT2D eigenvalue weighted by Crippen LogP contribution is -2.40. The molecule has 6 nitrogen and oxygen atoms in total. The summed E-state index contributed by atoms with van der Waals surface area (Å²) < 4.78 is 10.3. The van der Waals surface area contributed by atoms with Gasteiger partial charge in [-0.05, 0) is 41.5 Å². The smallest absolute Gasteiger partial charge is 0.322 e. The van der Waals surface area contributed by atoms with Gasteiger partial charge in [-0.25, -0.2) is 5.01 Å². The van der Waals surface area contributed by atoms with Crippen LogP contribution >= 0.6 is 0 Å². The number of nitrogens with two attached hydrogens (primary N) is 1. The molecule has 0 aromatic heterocycles. The minimum absolute atomic E-state index is 0.0555. The van der Waals surface area contributed by atoms with Crippen LogP contribution in [0, 0.1) is 0 Å². The van der Waals surface area contributed by atoms with Gasteiger partial charge in [0.15, 0.2) is 0 Å². The Morgan fingerprint density at radius 2 is 1.37 bits per heavy atom. The molecule has 19 heavy (non-hydrogen) atoms. The molecule has 0 bridgehead atoms. The lowest BCUT2D eigenvalue weighted by Gasteiger charge is -2.23. The van der Waals surface area contributed by atoms with Crippen molar-refractivity contribution in [3.8, 4) is 0 Å². The van der Waals surface area contributed by atoms with Gasteiger partial charge in [0.2, 0.25) is 0 Å². The van der Waals surface area contributed by atoms with E-state index in [0.717, 1.165) is 0 Å². The fourth-order valence-electron chi connectivity index (χ4n) is 1.25. The predicted octanol–water partition coefficient (Wildman–Crippen LogP) is 1.24. The summed E-state index contributed by atoms with van der Waals surface area (Å²) in [4.78, 5) is 22.9. The molecule has 0 unspecified atom stereocenters. The second kappa shape index (κ2) is 6.86. The SMILES string of the molecule is CC(C)(C)OC(=O)CCN(N)CC(=O)OC(C)(C)C. The van der Waals surface area contributed by atoms with Crippen LogP contribution in [0.1, 0.15) is 48.0 Å². The summed E-state index contributed by atoms with van der Waals surface area (Å²) in [6.07, 6.45) is 0.135. The minimum Gasteiger partial charge on any atom is -0.460 e. The molecule has 0 aromatic rings. The van der Waals surface area contributed by atoms with E-state index in [1.165, 1.54) is 5.01 Å². The van der Waals surface area contributed by atoms with Crippen molar-refractivity contribution in [1.82, 2.24) is 5.01 Å². The molecule has 0 spiro atoms. The topological polar surface area (TPSA) is 81.9 Å². The summed E-state index contributed by atoms with van der Waals surface area (Å²) >= 11 is 0. The van der Waals surface area contributed by atoms with Gasteiger partial charge in [-0.1, -0.05) is 0 Å². The minimum atomic E-state index is -0.539. The molecule has 0 fully saturated rings. The van der Waals surface area contributed by atoms with Crippen LogP contribution in [0.25, 0.3) is 0 Å². The van der Waals surface area contributed by atoms with Gasteiger partial charge in [-0.2, -0.15) is 0 Å². The molecule has 0 atom stereocenters. The number of rotatable bonds is 5. The highest BCUT2D eigenvalue weighted by Gasteiger charge is 2.19. The molecule has 0 aliphatic carbocycles. The summed E-state index contributed by atoms with van der Waals surface area (Å²) in [5.74, 6) is 4.87. The predicted molar refractivity (Wildman–Crippen MR) is 72.1 cm³/mol. The Labute approximate surface area is 115 Å². The van der Waals surface area contributed by atoms with Crippen molar-refractivity contribution in [2.45, 2.75) is 59.2 Å². The van der Waals surface area contributed by atoms with E-state index < -0.39 is 17.2 Å². The number of carbonyl (C=O) groups is 2. The molecule has 0 radical (unpaired) electrons. The van der Waals surface area contributed by atoms with Crippen LogP contribution in [0.3, 0.4) is 0 Å². The van der Waals surface area contributed by atoms with Crippen molar-refractivity contribution in [3.63, 3.8) is 0 Å². The molecule has 0 aliphatic heterocycles. The highest BCUT2D eigenvalue weighted by atomic mass is 16.6. The molecule has 0 saturated heterocycles. The summed E-state index contributed by atoms with van der Waals surface area (Å²) in [5, 5.41) is 1.25. The van der Waals surface area contributed by atoms with Crippen LogP contribution in [-0.4, -0.2) is 41.2 Å². The van der Waals surface area contributed by atoms with E-state index in [4.69, 9.17) is 15.3 Å². The zero-order chi connectivity index (χ0) is 15.3. The van der Waals surface area contributed by atoms with Crippen LogP contribution < -0.4 is 5.84 Å². The van der Waals surface area contributed by atoms with Gasteiger partial charge in [0.25, 0.3) is 0 Å². The average Bonchev–Trinajstić information content (AvgIpc) is 2.08. The number of hydrazine groups is 1. The van der Waals surface area contributed by atoms with Crippen LogP contribution in [0.2, 0.25) is 0 Å². The van der Waals surface area contributed by atoms with Gasteiger partial charge in [-0.3, -0.25) is 15.4 Å². The monoisotopic (exact) mass is 274 g/mol. The van der Waals surface area contributed by atoms with Crippen molar-refractivity contribution < 1.29 is 19.1 Å². The van der Waals surface area contributed by atoms with Crippen LogP contribution in [0.4, 0.5) is 0 Å². The van der Waals surface area contributed by atoms with Crippen molar-refractivity contribution in [2.24, 2.45) is 5.84 Å². The Bertz CT molecular complexity index is 316. The summed E-state index contributed by atoms with van der Waals surface area (Å²) in [5.41, 5.74) is -1.05. The summed E-state index contributed by atoms with van der Waals surface area (Å²) in [6, 6.07) is 0. The van der Waals surface area contributed by atoms with Gasteiger partial charge in [0.1, 0.15) is 17.7 Å². The first-order valence-corrected chi connectivity index (χ1v) is 6.32. The number of esters is 2. The normalized spacial score (nSPS) is 12.4. The van der Waals surface area contributed by atoms with Crippen molar-refractivity contribution >= 4 is 11.9 Å². The number of carbonyl (C=O) groups excluding carboxylic acids is 2. The molecule has 0 saturated carbocycles. The van der Waals surface area contributed by atoms with Gasteiger partial charge in [0.05, 0.1) is 6.42 Å². The zero-order valence-corrected chi connectivity index (χ0v) is 12.8. The molecular weight excluding hydrogens is 248 g/mol. The largest absolute Gasteiger partial charge is 0.460 e. The maximum Gasteiger partial charge on any atom is 0.322 e. The lowest BCUT2D eigenvalue weighted by atomic mass is 10.2. The van der Waals surface area contributed by atoms with E-state index >= 15 is 0 Å². The molecule has 6 heteroatoms. The van der Waals surface area contributed by atoms with Crippen molar-refractivity contribution in [1.29, 1.82) is 0 Å². The van der Waals surface area contributed by atoms with Crippen LogP contribution in [0.5, 0.6) is 0 Å². The number of hydrogen-bond donors (Lipinski definition) is 1. The summed E-state index contributed by atoms with van der Waals surface area (Å²) in [6.45, 7) is 10.9. The van der Waals surface area contributed by atoms with E-state index in [1.54, 1.807) is 41.5 Å². The van der Waals surface area contributed by atoms with Crippen molar-refractivity contribution in [3.05, 3.63) is 0 Å². The van der Waals surface area contributed by atoms with E-state index in [-0.39, 0.29) is 25.5 Å². The molecular formula is C13H26N2O4. The quantitative estimate of drug-likeness (QED) is 0.461. The number of ether oxygens (including phenoxy) is 2. The Morgan fingerprint density at radius 1 is 0.947 bits per heavy atom.